The van der Waals surface area contributed by atoms with Crippen molar-refractivity contribution in [2.45, 2.75) is 43.5 Å². The molecule has 1 N–H and O–H groups in total. The third kappa shape index (κ3) is 3.80. The maximum Gasteiger partial charge on any atom is 0.134 e. The fourth-order valence-corrected chi connectivity index (χ4v) is 6.49. The molecule has 30 heavy (non-hydrogen) atoms. The van der Waals surface area contributed by atoms with Crippen LogP contribution < -0.4 is 15.0 Å². The number of methoxy groups -OCH3 is 1. The largest absolute Gasteiger partial charge is 0.496 e. The summed E-state index contributed by atoms with van der Waals surface area (Å²) in [5.41, 5.74) is 5.76. The zero-order valence-corrected chi connectivity index (χ0v) is 19.6. The number of thiophene rings is 1. The molecule has 0 radical (unpaired) electrons. The van der Waals surface area contributed by atoms with Crippen molar-refractivity contribution < 1.29 is 8.95 Å². The van der Waals surface area contributed by atoms with Crippen LogP contribution in [0.1, 0.15) is 28.0 Å². The lowest BCUT2D eigenvalue weighted by Gasteiger charge is -2.35. The molecule has 0 saturated heterocycles. The van der Waals surface area contributed by atoms with E-state index in [-0.39, 0.29) is 0 Å². The summed E-state index contributed by atoms with van der Waals surface area (Å²) in [5, 5.41) is 5.60. The fraction of sp³-hybridized carbons (Fsp3) is 0.333. The highest BCUT2D eigenvalue weighted by molar-refractivity contribution is 7.85. The highest BCUT2D eigenvalue weighted by atomic mass is 32.2. The standard InChI is InChI=1S/C24H28N2O2S2/c1-16-14-17(2)24-23(18(16)3)26(19-8-5-6-9-22(19)30(24)27)12-7-11-25-15-21-20(28-4)10-13-29-21/h5-6,8-10,13-14,25H,7,11-12,15H2,1-4H3. The molecular weight excluding hydrogens is 412 g/mol. The number of para-hydroxylation sites is 1. The van der Waals surface area contributed by atoms with Crippen molar-refractivity contribution in [1.82, 2.24) is 5.32 Å². The lowest BCUT2D eigenvalue weighted by atomic mass is 10.0. The fourth-order valence-electron chi connectivity index (χ4n) is 4.10. The monoisotopic (exact) mass is 440 g/mol. The number of anilines is 2. The van der Waals surface area contributed by atoms with Gasteiger partial charge in [0.2, 0.25) is 0 Å². The molecule has 1 aromatic heterocycles. The highest BCUT2D eigenvalue weighted by Crippen LogP contribution is 2.45. The Hall–Kier alpha value is -2.15. The Labute approximate surface area is 185 Å². The molecule has 0 aliphatic carbocycles. The third-order valence-corrected chi connectivity index (χ3v) is 8.24. The Morgan fingerprint density at radius 1 is 1.13 bits per heavy atom. The topological polar surface area (TPSA) is 41.6 Å². The van der Waals surface area contributed by atoms with E-state index in [9.17, 15) is 4.21 Å². The van der Waals surface area contributed by atoms with Crippen LogP contribution >= 0.6 is 11.3 Å². The van der Waals surface area contributed by atoms with Gasteiger partial charge in [-0.1, -0.05) is 18.2 Å². The van der Waals surface area contributed by atoms with E-state index < -0.39 is 10.8 Å². The SMILES string of the molecule is COc1ccsc1CNCCCN1c2ccccc2S(=O)c2c(C)cc(C)c(C)c21. The number of benzene rings is 2. The van der Waals surface area contributed by atoms with Crippen molar-refractivity contribution >= 4 is 33.5 Å². The van der Waals surface area contributed by atoms with Gasteiger partial charge in [0.25, 0.3) is 0 Å². The first-order valence-corrected chi connectivity index (χ1v) is 12.3. The smallest absolute Gasteiger partial charge is 0.134 e. The first kappa shape index (κ1) is 21.1. The molecule has 6 heteroatoms. The molecule has 0 saturated carbocycles. The van der Waals surface area contributed by atoms with Crippen molar-refractivity contribution in [2.75, 3.05) is 25.1 Å². The normalized spacial score (nSPS) is 15.1. The molecule has 1 atom stereocenters. The molecule has 0 spiro atoms. The van der Waals surface area contributed by atoms with Crippen LogP contribution in [0, 0.1) is 20.8 Å². The molecule has 0 fully saturated rings. The predicted molar refractivity (Wildman–Crippen MR) is 126 cm³/mol. The van der Waals surface area contributed by atoms with Crippen molar-refractivity contribution in [2.24, 2.45) is 0 Å². The molecule has 2 heterocycles. The number of aryl methyl sites for hydroxylation is 2. The Kier molecular flexibility index (Phi) is 6.27. The van der Waals surface area contributed by atoms with Gasteiger partial charge >= 0.3 is 0 Å². The van der Waals surface area contributed by atoms with Crippen LogP contribution in [-0.2, 0) is 17.3 Å². The van der Waals surface area contributed by atoms with E-state index in [4.69, 9.17) is 4.74 Å². The van der Waals surface area contributed by atoms with Crippen LogP contribution in [0.2, 0.25) is 0 Å². The van der Waals surface area contributed by atoms with Crippen LogP contribution in [-0.4, -0.2) is 24.4 Å². The van der Waals surface area contributed by atoms with Gasteiger partial charge in [-0.2, -0.15) is 0 Å². The summed E-state index contributed by atoms with van der Waals surface area (Å²) >= 11 is 1.72. The lowest BCUT2D eigenvalue weighted by molar-refractivity contribution is 0.410. The average Bonchev–Trinajstić information content (AvgIpc) is 3.20. The van der Waals surface area contributed by atoms with Gasteiger partial charge in [-0.3, -0.25) is 0 Å². The number of rotatable bonds is 7. The van der Waals surface area contributed by atoms with Crippen molar-refractivity contribution in [3.63, 3.8) is 0 Å². The molecule has 1 aliphatic heterocycles. The van der Waals surface area contributed by atoms with Gasteiger partial charge in [-0.05, 0) is 74.0 Å². The van der Waals surface area contributed by atoms with Crippen LogP contribution in [0.3, 0.4) is 0 Å². The Morgan fingerprint density at radius 3 is 2.73 bits per heavy atom. The summed E-state index contributed by atoms with van der Waals surface area (Å²) in [6, 6.07) is 12.3. The Bertz CT molecular complexity index is 1090. The minimum Gasteiger partial charge on any atom is -0.496 e. The Morgan fingerprint density at radius 2 is 1.93 bits per heavy atom. The number of nitrogens with one attached hydrogen (secondary N) is 1. The zero-order chi connectivity index (χ0) is 21.3. The Balaban J connectivity index is 1.55. The van der Waals surface area contributed by atoms with Gasteiger partial charge in [-0.25, -0.2) is 4.21 Å². The molecule has 4 nitrogen and oxygen atoms in total. The summed E-state index contributed by atoms with van der Waals surface area (Å²) in [4.78, 5) is 5.47. The summed E-state index contributed by atoms with van der Waals surface area (Å²) in [6.45, 7) is 8.95. The number of nitrogens with zero attached hydrogens (tertiary/aromatic N) is 1. The van der Waals surface area contributed by atoms with E-state index in [1.54, 1.807) is 18.4 Å². The van der Waals surface area contributed by atoms with Crippen molar-refractivity contribution in [1.29, 1.82) is 0 Å². The van der Waals surface area contributed by atoms with Gasteiger partial charge in [0.05, 0.1) is 44.0 Å². The first-order valence-electron chi connectivity index (χ1n) is 10.2. The molecule has 2 aromatic carbocycles. The van der Waals surface area contributed by atoms with E-state index in [0.29, 0.717) is 0 Å². The molecular formula is C24H28N2O2S2. The minimum atomic E-state index is -1.14. The summed E-state index contributed by atoms with van der Waals surface area (Å²) in [7, 11) is 0.572. The maximum absolute atomic E-state index is 13.4. The molecule has 4 rings (SSSR count). The van der Waals surface area contributed by atoms with Gasteiger partial charge in [0.15, 0.2) is 0 Å². The molecule has 0 bridgehead atoms. The van der Waals surface area contributed by atoms with Gasteiger partial charge in [-0.15, -0.1) is 11.3 Å². The average molecular weight is 441 g/mol. The number of hydrogen-bond acceptors (Lipinski definition) is 5. The maximum atomic E-state index is 13.4. The molecule has 0 amide bonds. The number of fused-ring (bicyclic) bond motifs is 2. The van der Waals surface area contributed by atoms with Gasteiger partial charge in [0.1, 0.15) is 5.75 Å². The quantitative estimate of drug-likeness (QED) is 0.494. The summed E-state index contributed by atoms with van der Waals surface area (Å²) in [5.74, 6) is 0.954. The molecule has 1 aliphatic rings. The van der Waals surface area contributed by atoms with Crippen LogP contribution in [0.15, 0.2) is 51.6 Å². The number of ether oxygens (including phenoxy) is 1. The second-order valence-electron chi connectivity index (χ2n) is 7.64. The van der Waals surface area contributed by atoms with Crippen molar-refractivity contribution in [3.05, 3.63) is 63.3 Å². The molecule has 1 unspecified atom stereocenters. The summed E-state index contributed by atoms with van der Waals surface area (Å²) in [6.07, 6.45) is 0.987. The van der Waals surface area contributed by atoms with Crippen molar-refractivity contribution in [3.8, 4) is 5.75 Å². The summed E-state index contributed by atoms with van der Waals surface area (Å²) < 4.78 is 18.8. The number of hydrogen-bond donors (Lipinski definition) is 1. The molecule has 158 valence electrons. The van der Waals surface area contributed by atoms with E-state index in [2.05, 4.69) is 48.5 Å². The first-order chi connectivity index (χ1) is 14.5. The van der Waals surface area contributed by atoms with Crippen LogP contribution in [0.5, 0.6) is 5.75 Å². The van der Waals surface area contributed by atoms with Crippen LogP contribution in [0.25, 0.3) is 0 Å². The van der Waals surface area contributed by atoms with E-state index >= 15 is 0 Å². The third-order valence-electron chi connectivity index (χ3n) is 5.71. The lowest BCUT2D eigenvalue weighted by Crippen LogP contribution is -2.29. The second-order valence-corrected chi connectivity index (χ2v) is 10.0. The zero-order valence-electron chi connectivity index (χ0n) is 18.0. The van der Waals surface area contributed by atoms with E-state index in [1.807, 2.05) is 24.3 Å². The predicted octanol–water partition coefficient (Wildman–Crippen LogP) is 5.48. The minimum absolute atomic E-state index is 0.815. The van der Waals surface area contributed by atoms with Crippen LogP contribution in [0.4, 0.5) is 11.4 Å². The second kappa shape index (κ2) is 8.92. The van der Waals surface area contributed by atoms with Gasteiger partial charge in [0, 0.05) is 13.1 Å². The molecule has 3 aromatic rings. The van der Waals surface area contributed by atoms with Gasteiger partial charge < -0.3 is 15.0 Å². The highest BCUT2D eigenvalue weighted by Gasteiger charge is 2.31. The van der Waals surface area contributed by atoms with E-state index in [0.717, 1.165) is 58.5 Å². The van der Waals surface area contributed by atoms with E-state index in [1.165, 1.54) is 16.0 Å².